The van der Waals surface area contributed by atoms with Crippen LogP contribution in [0.2, 0.25) is 0 Å². The topological polar surface area (TPSA) is 38.5 Å². The molecule has 0 amide bonds. The van der Waals surface area contributed by atoms with Crippen molar-refractivity contribution >= 4 is 0 Å². The SMILES string of the molecule is CCOCCN(C)C1(CN)CC(C)CC(C)C1. The molecule has 1 aliphatic rings. The van der Waals surface area contributed by atoms with Crippen LogP contribution in [0.5, 0.6) is 0 Å². The molecule has 2 atom stereocenters. The van der Waals surface area contributed by atoms with Crippen molar-refractivity contribution in [3.8, 4) is 0 Å². The predicted molar refractivity (Wildman–Crippen MR) is 73.1 cm³/mol. The highest BCUT2D eigenvalue weighted by atomic mass is 16.5. The third-order valence-corrected chi connectivity index (χ3v) is 4.23. The van der Waals surface area contributed by atoms with Gasteiger partial charge < -0.3 is 10.5 Å². The highest BCUT2D eigenvalue weighted by Crippen LogP contribution is 2.38. The van der Waals surface area contributed by atoms with Crippen LogP contribution in [0.4, 0.5) is 0 Å². The van der Waals surface area contributed by atoms with Gasteiger partial charge in [0.25, 0.3) is 0 Å². The third-order valence-electron chi connectivity index (χ3n) is 4.23. The maximum absolute atomic E-state index is 6.09. The predicted octanol–water partition coefficient (Wildman–Crippen LogP) is 2.11. The van der Waals surface area contributed by atoms with Gasteiger partial charge in [-0.2, -0.15) is 0 Å². The fourth-order valence-corrected chi connectivity index (χ4v) is 3.45. The Balaban J connectivity index is 2.59. The van der Waals surface area contributed by atoms with Gasteiger partial charge in [0.15, 0.2) is 0 Å². The van der Waals surface area contributed by atoms with Crippen LogP contribution in [-0.4, -0.2) is 43.8 Å². The average molecular weight is 242 g/mol. The molecule has 0 bridgehead atoms. The van der Waals surface area contributed by atoms with Gasteiger partial charge in [0.05, 0.1) is 6.61 Å². The first kappa shape index (κ1) is 14.9. The third kappa shape index (κ3) is 3.94. The van der Waals surface area contributed by atoms with E-state index in [1.165, 1.54) is 19.3 Å². The summed E-state index contributed by atoms with van der Waals surface area (Å²) in [6.45, 7) is 10.1. The molecule has 2 unspecified atom stereocenters. The largest absolute Gasteiger partial charge is 0.380 e. The summed E-state index contributed by atoms with van der Waals surface area (Å²) < 4.78 is 5.46. The molecule has 102 valence electrons. The minimum atomic E-state index is 0.203. The minimum absolute atomic E-state index is 0.203. The fraction of sp³-hybridized carbons (Fsp3) is 1.00. The van der Waals surface area contributed by atoms with Crippen molar-refractivity contribution in [3.63, 3.8) is 0 Å². The monoisotopic (exact) mass is 242 g/mol. The summed E-state index contributed by atoms with van der Waals surface area (Å²) in [7, 11) is 2.20. The summed E-state index contributed by atoms with van der Waals surface area (Å²) in [6, 6.07) is 0. The molecule has 0 aromatic rings. The molecule has 0 radical (unpaired) electrons. The quantitative estimate of drug-likeness (QED) is 0.725. The Hall–Kier alpha value is -0.120. The van der Waals surface area contributed by atoms with E-state index in [-0.39, 0.29) is 5.54 Å². The van der Waals surface area contributed by atoms with Gasteiger partial charge >= 0.3 is 0 Å². The summed E-state index contributed by atoms with van der Waals surface area (Å²) in [4.78, 5) is 2.44. The van der Waals surface area contributed by atoms with Gasteiger partial charge in [-0.25, -0.2) is 0 Å². The van der Waals surface area contributed by atoms with Crippen LogP contribution in [0, 0.1) is 11.8 Å². The molecular formula is C14H30N2O. The van der Waals surface area contributed by atoms with E-state index in [0.717, 1.165) is 38.1 Å². The first-order chi connectivity index (χ1) is 8.04. The van der Waals surface area contributed by atoms with Crippen molar-refractivity contribution in [2.75, 3.05) is 33.4 Å². The fourth-order valence-electron chi connectivity index (χ4n) is 3.45. The molecule has 1 rings (SSSR count). The molecule has 1 fully saturated rings. The summed E-state index contributed by atoms with van der Waals surface area (Å²) in [6.07, 6.45) is 3.81. The van der Waals surface area contributed by atoms with E-state index in [1.54, 1.807) is 0 Å². The summed E-state index contributed by atoms with van der Waals surface area (Å²) in [5.41, 5.74) is 6.29. The lowest BCUT2D eigenvalue weighted by atomic mass is 9.71. The summed E-state index contributed by atoms with van der Waals surface area (Å²) >= 11 is 0. The summed E-state index contributed by atoms with van der Waals surface area (Å²) in [5.74, 6) is 1.58. The normalized spacial score (nSPS) is 34.2. The standard InChI is InChI=1S/C14H30N2O/c1-5-17-7-6-16(4)14(11-15)9-12(2)8-13(3)10-14/h12-13H,5-11,15H2,1-4H3. The van der Waals surface area contributed by atoms with Crippen molar-refractivity contribution < 1.29 is 4.74 Å². The second kappa shape index (κ2) is 6.72. The number of nitrogens with two attached hydrogens (primary N) is 1. The van der Waals surface area contributed by atoms with Crippen molar-refractivity contribution in [1.29, 1.82) is 0 Å². The van der Waals surface area contributed by atoms with Crippen LogP contribution in [0.3, 0.4) is 0 Å². The van der Waals surface area contributed by atoms with Gasteiger partial charge in [0, 0.05) is 25.2 Å². The molecular weight excluding hydrogens is 212 g/mol. The van der Waals surface area contributed by atoms with Gasteiger partial charge in [0.1, 0.15) is 0 Å². The zero-order valence-electron chi connectivity index (χ0n) is 12.0. The second-order valence-corrected chi connectivity index (χ2v) is 5.90. The van der Waals surface area contributed by atoms with E-state index in [0.29, 0.717) is 0 Å². The molecule has 0 aromatic heterocycles. The Kier molecular flexibility index (Phi) is 5.90. The van der Waals surface area contributed by atoms with Crippen molar-refractivity contribution in [3.05, 3.63) is 0 Å². The van der Waals surface area contributed by atoms with Gasteiger partial charge in [0.2, 0.25) is 0 Å². The maximum Gasteiger partial charge on any atom is 0.0593 e. The molecule has 1 aliphatic carbocycles. The van der Waals surface area contributed by atoms with Crippen molar-refractivity contribution in [1.82, 2.24) is 4.90 Å². The number of nitrogens with zero attached hydrogens (tertiary/aromatic N) is 1. The van der Waals surface area contributed by atoms with Crippen LogP contribution in [0.1, 0.15) is 40.0 Å². The van der Waals surface area contributed by atoms with Crippen LogP contribution in [0.25, 0.3) is 0 Å². The molecule has 0 aliphatic heterocycles. The first-order valence-corrected chi connectivity index (χ1v) is 7.03. The van der Waals surface area contributed by atoms with E-state index in [9.17, 15) is 0 Å². The Bertz CT molecular complexity index is 210. The number of rotatable bonds is 6. The molecule has 17 heavy (non-hydrogen) atoms. The van der Waals surface area contributed by atoms with E-state index < -0.39 is 0 Å². The molecule has 1 saturated carbocycles. The van der Waals surface area contributed by atoms with Crippen LogP contribution in [-0.2, 0) is 4.74 Å². The highest BCUT2D eigenvalue weighted by Gasteiger charge is 2.39. The number of hydrogen-bond donors (Lipinski definition) is 1. The molecule has 3 heteroatoms. The Morgan fingerprint density at radius 1 is 1.29 bits per heavy atom. The van der Waals surface area contributed by atoms with Gasteiger partial charge in [-0.15, -0.1) is 0 Å². The Morgan fingerprint density at radius 3 is 2.35 bits per heavy atom. The zero-order chi connectivity index (χ0) is 12.9. The maximum atomic E-state index is 6.09. The van der Waals surface area contributed by atoms with Gasteiger partial charge in [-0.1, -0.05) is 13.8 Å². The molecule has 0 saturated heterocycles. The Morgan fingerprint density at radius 2 is 1.88 bits per heavy atom. The molecule has 0 heterocycles. The van der Waals surface area contributed by atoms with Gasteiger partial charge in [-0.05, 0) is 45.1 Å². The van der Waals surface area contributed by atoms with E-state index in [2.05, 4.69) is 25.8 Å². The van der Waals surface area contributed by atoms with Crippen molar-refractivity contribution in [2.45, 2.75) is 45.6 Å². The second-order valence-electron chi connectivity index (χ2n) is 5.90. The average Bonchev–Trinajstić information content (AvgIpc) is 2.27. The smallest absolute Gasteiger partial charge is 0.0593 e. The van der Waals surface area contributed by atoms with Crippen LogP contribution >= 0.6 is 0 Å². The van der Waals surface area contributed by atoms with Crippen LogP contribution < -0.4 is 5.73 Å². The Labute approximate surface area is 107 Å². The molecule has 2 N–H and O–H groups in total. The van der Waals surface area contributed by atoms with E-state index >= 15 is 0 Å². The minimum Gasteiger partial charge on any atom is -0.380 e. The zero-order valence-corrected chi connectivity index (χ0v) is 12.0. The summed E-state index contributed by atoms with van der Waals surface area (Å²) in [5, 5.41) is 0. The number of hydrogen-bond acceptors (Lipinski definition) is 3. The lowest BCUT2D eigenvalue weighted by Gasteiger charge is -2.48. The number of ether oxygens (including phenoxy) is 1. The number of likely N-dealkylation sites (N-methyl/N-ethyl adjacent to an activating group) is 1. The van der Waals surface area contributed by atoms with Crippen LogP contribution in [0.15, 0.2) is 0 Å². The highest BCUT2D eigenvalue weighted by molar-refractivity contribution is 4.96. The lowest BCUT2D eigenvalue weighted by Crippen LogP contribution is -2.56. The lowest BCUT2D eigenvalue weighted by molar-refractivity contribution is 0.0166. The van der Waals surface area contributed by atoms with E-state index in [1.807, 2.05) is 6.92 Å². The molecule has 0 aromatic carbocycles. The van der Waals surface area contributed by atoms with E-state index in [4.69, 9.17) is 10.5 Å². The van der Waals surface area contributed by atoms with Crippen molar-refractivity contribution in [2.24, 2.45) is 17.6 Å². The first-order valence-electron chi connectivity index (χ1n) is 7.03. The molecule has 3 nitrogen and oxygen atoms in total. The molecule has 0 spiro atoms. The van der Waals surface area contributed by atoms with Gasteiger partial charge in [-0.3, -0.25) is 4.90 Å².